The summed E-state index contributed by atoms with van der Waals surface area (Å²) in [5.74, 6) is 0.259. The molecule has 3 heterocycles. The molecule has 0 radical (unpaired) electrons. The Morgan fingerprint density at radius 1 is 1.00 bits per heavy atom. The van der Waals surface area contributed by atoms with Crippen LogP contribution in [-0.2, 0) is 0 Å². The lowest BCUT2D eigenvalue weighted by molar-refractivity contribution is 0.0697. The van der Waals surface area contributed by atoms with Crippen molar-refractivity contribution in [3.05, 3.63) is 78.0 Å². The molecule has 0 aliphatic carbocycles. The van der Waals surface area contributed by atoms with Gasteiger partial charge in [-0.15, -0.1) is 0 Å². The molecule has 0 bridgehead atoms. The van der Waals surface area contributed by atoms with Crippen molar-refractivity contribution in [2.75, 3.05) is 13.1 Å². The second-order valence-corrected chi connectivity index (χ2v) is 8.03. The molecule has 9 heteroatoms. The molecule has 3 N–H and O–H groups in total. The predicted molar refractivity (Wildman–Crippen MR) is 123 cm³/mol. The molecule has 172 valence electrons. The van der Waals surface area contributed by atoms with Crippen molar-refractivity contribution in [2.24, 2.45) is 0 Å². The monoisotopic (exact) mass is 459 g/mol. The summed E-state index contributed by atoms with van der Waals surface area (Å²) in [6, 6.07) is 14.1. The van der Waals surface area contributed by atoms with Crippen LogP contribution in [0.3, 0.4) is 0 Å². The van der Waals surface area contributed by atoms with Crippen molar-refractivity contribution in [1.29, 1.82) is 0 Å². The minimum absolute atomic E-state index is 0.114. The molecule has 1 saturated heterocycles. The third kappa shape index (κ3) is 4.65. The summed E-state index contributed by atoms with van der Waals surface area (Å²) in [5, 5.41) is 12.4. The first-order valence-corrected chi connectivity index (χ1v) is 11.0. The first-order chi connectivity index (χ1) is 16.6. The lowest BCUT2D eigenvalue weighted by atomic mass is 9.98. The van der Waals surface area contributed by atoms with Crippen molar-refractivity contribution in [2.45, 2.75) is 18.8 Å². The number of hydrogen-bond donors (Lipinski definition) is 3. The normalized spacial score (nSPS) is 14.1. The molecule has 0 atom stereocenters. The minimum atomic E-state index is -1.01. The van der Waals surface area contributed by atoms with E-state index in [0.29, 0.717) is 28.7 Å². The summed E-state index contributed by atoms with van der Waals surface area (Å²) in [5.41, 5.74) is 2.91. The average molecular weight is 459 g/mol. The van der Waals surface area contributed by atoms with Gasteiger partial charge in [0, 0.05) is 17.7 Å². The number of piperidine rings is 1. The van der Waals surface area contributed by atoms with E-state index >= 15 is 0 Å². The van der Waals surface area contributed by atoms with Crippen molar-refractivity contribution in [3.8, 4) is 34.4 Å². The number of nitrogens with one attached hydrogen (secondary N) is 2. The van der Waals surface area contributed by atoms with E-state index in [2.05, 4.69) is 20.3 Å². The van der Waals surface area contributed by atoms with Crippen LogP contribution in [0.4, 0.5) is 4.39 Å². The van der Waals surface area contributed by atoms with E-state index in [1.807, 2.05) is 0 Å². The highest BCUT2D eigenvalue weighted by Crippen LogP contribution is 2.34. The number of aromatic amines is 1. The van der Waals surface area contributed by atoms with Gasteiger partial charge in [-0.2, -0.15) is 4.98 Å². The van der Waals surface area contributed by atoms with Gasteiger partial charge in [0.25, 0.3) is 0 Å². The van der Waals surface area contributed by atoms with E-state index in [1.54, 1.807) is 36.5 Å². The number of carbonyl (C=O) groups is 1. The summed E-state index contributed by atoms with van der Waals surface area (Å²) in [4.78, 5) is 28.1. The zero-order valence-electron chi connectivity index (χ0n) is 18.2. The first-order valence-electron chi connectivity index (χ1n) is 11.0. The van der Waals surface area contributed by atoms with Crippen LogP contribution >= 0.6 is 0 Å². The number of hydrogen-bond acceptors (Lipinski definition) is 6. The van der Waals surface area contributed by atoms with Crippen LogP contribution in [0, 0.1) is 5.82 Å². The maximum Gasteiger partial charge on any atom is 0.335 e. The van der Waals surface area contributed by atoms with Crippen LogP contribution in [0.5, 0.6) is 11.8 Å². The van der Waals surface area contributed by atoms with E-state index in [0.717, 1.165) is 37.3 Å². The molecule has 0 saturated carbocycles. The fraction of sp³-hybridized carbons (Fsp3) is 0.200. The molecule has 0 spiro atoms. The van der Waals surface area contributed by atoms with E-state index in [1.165, 1.54) is 24.3 Å². The average Bonchev–Trinajstić information content (AvgIpc) is 3.31. The smallest absolute Gasteiger partial charge is 0.335 e. The van der Waals surface area contributed by atoms with Gasteiger partial charge in [-0.1, -0.05) is 0 Å². The van der Waals surface area contributed by atoms with Crippen LogP contribution in [0.2, 0.25) is 0 Å². The van der Waals surface area contributed by atoms with Crippen LogP contribution < -0.4 is 10.1 Å². The summed E-state index contributed by atoms with van der Waals surface area (Å²) < 4.78 is 19.3. The van der Waals surface area contributed by atoms with E-state index in [4.69, 9.17) is 14.8 Å². The Labute approximate surface area is 194 Å². The van der Waals surface area contributed by atoms with Gasteiger partial charge >= 0.3 is 12.0 Å². The Hall–Kier alpha value is -4.11. The van der Waals surface area contributed by atoms with Gasteiger partial charge in [-0.25, -0.2) is 19.2 Å². The fourth-order valence-corrected chi connectivity index (χ4v) is 3.98. The highest BCUT2D eigenvalue weighted by molar-refractivity contribution is 5.87. The third-order valence-electron chi connectivity index (χ3n) is 5.77. The van der Waals surface area contributed by atoms with Crippen molar-refractivity contribution in [3.63, 3.8) is 0 Å². The molecule has 4 aromatic rings. The van der Waals surface area contributed by atoms with Crippen LogP contribution in [0.1, 0.15) is 34.9 Å². The van der Waals surface area contributed by atoms with E-state index in [-0.39, 0.29) is 17.4 Å². The second kappa shape index (κ2) is 9.40. The van der Waals surface area contributed by atoms with Gasteiger partial charge in [0.1, 0.15) is 17.4 Å². The number of nitrogens with zero attached hydrogens (tertiary/aromatic N) is 3. The molecule has 34 heavy (non-hydrogen) atoms. The molecule has 0 unspecified atom stereocenters. The molecule has 0 amide bonds. The Bertz CT molecular complexity index is 1300. The van der Waals surface area contributed by atoms with Crippen molar-refractivity contribution >= 4 is 5.97 Å². The number of rotatable bonds is 6. The topological polar surface area (TPSA) is 113 Å². The number of benzene rings is 2. The highest BCUT2D eigenvalue weighted by atomic mass is 19.1. The molecule has 8 nitrogen and oxygen atoms in total. The van der Waals surface area contributed by atoms with E-state index in [9.17, 15) is 9.18 Å². The van der Waals surface area contributed by atoms with Gasteiger partial charge in [0.05, 0.1) is 22.6 Å². The van der Waals surface area contributed by atoms with Gasteiger partial charge in [0.2, 0.25) is 0 Å². The number of imidazole rings is 1. The minimum Gasteiger partial charge on any atom is -0.478 e. The SMILES string of the molecule is O=C(O)c1ccc(Oc2nccc(-c3[nH]c(C4CCNCC4)nc3-c3ccc(F)cc3)n2)cc1. The zero-order chi connectivity index (χ0) is 23.5. The number of aromatic carboxylic acids is 1. The largest absolute Gasteiger partial charge is 0.478 e. The van der Waals surface area contributed by atoms with Gasteiger partial charge in [0.15, 0.2) is 0 Å². The molecular weight excluding hydrogens is 437 g/mol. The van der Waals surface area contributed by atoms with E-state index < -0.39 is 5.97 Å². The summed E-state index contributed by atoms with van der Waals surface area (Å²) in [6.45, 7) is 1.86. The number of aromatic nitrogens is 4. The second-order valence-electron chi connectivity index (χ2n) is 8.03. The summed E-state index contributed by atoms with van der Waals surface area (Å²) in [6.07, 6.45) is 3.53. The Morgan fingerprint density at radius 3 is 2.44 bits per heavy atom. The number of H-pyrrole nitrogens is 1. The van der Waals surface area contributed by atoms with Crippen LogP contribution in [0.15, 0.2) is 60.8 Å². The third-order valence-corrected chi connectivity index (χ3v) is 5.77. The molecule has 1 aliphatic rings. The number of ether oxygens (including phenoxy) is 1. The summed E-state index contributed by atoms with van der Waals surface area (Å²) in [7, 11) is 0. The lowest BCUT2D eigenvalue weighted by Gasteiger charge is -2.20. The fourth-order valence-electron chi connectivity index (χ4n) is 3.98. The summed E-state index contributed by atoms with van der Waals surface area (Å²) >= 11 is 0. The van der Waals surface area contributed by atoms with Gasteiger partial charge < -0.3 is 20.1 Å². The zero-order valence-corrected chi connectivity index (χ0v) is 18.2. The van der Waals surface area contributed by atoms with Crippen LogP contribution in [0.25, 0.3) is 22.6 Å². The lowest BCUT2D eigenvalue weighted by Crippen LogP contribution is -2.27. The van der Waals surface area contributed by atoms with Crippen molar-refractivity contribution < 1.29 is 19.0 Å². The number of carboxylic acid groups (broad SMARTS) is 1. The Morgan fingerprint density at radius 2 is 1.74 bits per heavy atom. The molecule has 1 fully saturated rings. The maximum absolute atomic E-state index is 13.5. The van der Waals surface area contributed by atoms with Gasteiger partial charge in [-0.3, -0.25) is 0 Å². The number of halogens is 1. The first kappa shape index (κ1) is 21.7. The molecule has 1 aliphatic heterocycles. The van der Waals surface area contributed by atoms with Crippen LogP contribution in [-0.4, -0.2) is 44.1 Å². The quantitative estimate of drug-likeness (QED) is 0.385. The maximum atomic E-state index is 13.5. The standard InChI is InChI=1S/C25H22FN5O3/c26-18-5-1-15(2-6-18)21-22(31-23(30-21)16-9-12-27-13-10-16)20-11-14-28-25(29-20)34-19-7-3-17(4-8-19)24(32)33/h1-8,11,14,16,27H,9-10,12-13H2,(H,30,31)(H,32,33). The van der Waals surface area contributed by atoms with Crippen molar-refractivity contribution in [1.82, 2.24) is 25.3 Å². The molecular formula is C25H22FN5O3. The molecule has 2 aromatic carbocycles. The Balaban J connectivity index is 1.50. The number of carboxylic acids is 1. The van der Waals surface area contributed by atoms with Gasteiger partial charge in [-0.05, 0) is 80.5 Å². The Kier molecular flexibility index (Phi) is 6.01. The molecule has 2 aromatic heterocycles. The highest BCUT2D eigenvalue weighted by Gasteiger charge is 2.23. The molecule has 5 rings (SSSR count). The predicted octanol–water partition coefficient (Wildman–Crippen LogP) is 4.63.